The zero-order chi connectivity index (χ0) is 19.5. The van der Waals surface area contributed by atoms with E-state index in [1.54, 1.807) is 11.8 Å². The van der Waals surface area contributed by atoms with Crippen LogP contribution in [0.4, 0.5) is 17.1 Å². The molecule has 0 atom stereocenters. The summed E-state index contributed by atoms with van der Waals surface area (Å²) in [5, 5.41) is 0. The predicted molar refractivity (Wildman–Crippen MR) is 120 cm³/mol. The molecule has 0 N–H and O–H groups in total. The number of nitrogens with zero attached hydrogens (tertiary/aromatic N) is 1. The minimum absolute atomic E-state index is 0.723. The van der Waals surface area contributed by atoms with E-state index in [-0.39, 0.29) is 0 Å². The number of rotatable bonds is 8. The molecule has 1 aliphatic heterocycles. The third kappa shape index (κ3) is 3.81. The Kier molecular flexibility index (Phi) is 5.99. The molecule has 3 aromatic rings. The number of aryl methyl sites for hydroxylation is 1. The Hall–Kier alpha value is -1.89. The van der Waals surface area contributed by atoms with E-state index in [9.17, 15) is 9.59 Å². The lowest BCUT2D eigenvalue weighted by Gasteiger charge is -2.28. The van der Waals surface area contributed by atoms with Crippen molar-refractivity contribution < 1.29 is 9.59 Å². The van der Waals surface area contributed by atoms with E-state index < -0.39 is 0 Å². The van der Waals surface area contributed by atoms with E-state index in [0.717, 1.165) is 54.2 Å². The second-order valence-electron chi connectivity index (χ2n) is 6.79. The lowest BCUT2D eigenvalue weighted by atomic mass is 10.1. The van der Waals surface area contributed by atoms with Crippen molar-refractivity contribution in [2.45, 2.75) is 47.4 Å². The number of fused-ring (bicyclic) bond motifs is 2. The number of thiophene rings is 2. The van der Waals surface area contributed by atoms with Crippen molar-refractivity contribution >= 4 is 64.1 Å². The number of anilines is 3. The minimum atomic E-state index is 0.723. The zero-order valence-electron chi connectivity index (χ0n) is 15.6. The lowest BCUT2D eigenvalue weighted by molar-refractivity contribution is 0.111. The maximum absolute atomic E-state index is 11.3. The van der Waals surface area contributed by atoms with Gasteiger partial charge in [-0.3, -0.25) is 9.59 Å². The maximum Gasteiger partial charge on any atom is 0.160 e. The fraction of sp³-hybridized carbons (Fsp3) is 0.273. The molecule has 1 aliphatic rings. The molecular weight excluding hydrogens is 406 g/mol. The van der Waals surface area contributed by atoms with Crippen molar-refractivity contribution in [3.05, 3.63) is 51.7 Å². The summed E-state index contributed by atoms with van der Waals surface area (Å²) in [6.45, 7) is 2.23. The Bertz CT molecular complexity index is 936. The monoisotopic (exact) mass is 427 g/mol. The Labute approximate surface area is 177 Å². The van der Waals surface area contributed by atoms with Crippen LogP contribution in [0.5, 0.6) is 0 Å². The number of benzene rings is 1. The van der Waals surface area contributed by atoms with Crippen molar-refractivity contribution in [3.63, 3.8) is 0 Å². The molecule has 144 valence electrons. The quantitative estimate of drug-likeness (QED) is 0.216. The highest BCUT2D eigenvalue weighted by atomic mass is 32.2. The molecule has 1 aromatic carbocycles. The molecule has 28 heavy (non-hydrogen) atoms. The van der Waals surface area contributed by atoms with Crippen molar-refractivity contribution in [1.82, 2.24) is 0 Å². The van der Waals surface area contributed by atoms with E-state index in [0.29, 0.717) is 0 Å². The van der Waals surface area contributed by atoms with Gasteiger partial charge in [-0.2, -0.15) is 0 Å². The third-order valence-corrected chi connectivity index (χ3v) is 8.29. The summed E-state index contributed by atoms with van der Waals surface area (Å²) < 4.78 is 2.19. The van der Waals surface area contributed by atoms with Gasteiger partial charge in [0.15, 0.2) is 12.6 Å². The molecule has 4 rings (SSSR count). The molecular formula is C22H21NO2S3. The number of unbranched alkanes of at least 4 members (excludes halogenated alkanes) is 3. The number of carbonyl (C=O) groups excluding carboxylic acids is 2. The second kappa shape index (κ2) is 8.64. The summed E-state index contributed by atoms with van der Waals surface area (Å²) in [4.78, 5) is 26.2. The van der Waals surface area contributed by atoms with Gasteiger partial charge >= 0.3 is 0 Å². The van der Waals surface area contributed by atoms with Gasteiger partial charge in [0.05, 0.1) is 29.5 Å². The average Bonchev–Trinajstić information content (AvgIpc) is 3.33. The van der Waals surface area contributed by atoms with E-state index in [2.05, 4.69) is 36.1 Å². The second-order valence-corrected chi connectivity index (χ2v) is 10.5. The molecule has 0 spiro atoms. The minimum Gasteiger partial charge on any atom is -0.306 e. The summed E-state index contributed by atoms with van der Waals surface area (Å²) >= 11 is 4.66. The summed E-state index contributed by atoms with van der Waals surface area (Å²) in [5.41, 5.74) is 4.46. The first kappa shape index (κ1) is 19.4. The highest BCUT2D eigenvalue weighted by Gasteiger charge is 2.29. The van der Waals surface area contributed by atoms with Crippen LogP contribution in [0.25, 0.3) is 0 Å². The Morgan fingerprint density at radius 3 is 2.00 bits per heavy atom. The highest BCUT2D eigenvalue weighted by molar-refractivity contribution is 8.03. The molecule has 0 fully saturated rings. The first-order chi connectivity index (χ1) is 13.7. The van der Waals surface area contributed by atoms with Gasteiger partial charge in [0.2, 0.25) is 0 Å². The van der Waals surface area contributed by atoms with Gasteiger partial charge in [-0.15, -0.1) is 22.7 Å². The van der Waals surface area contributed by atoms with E-state index >= 15 is 0 Å². The third-order valence-electron chi connectivity index (χ3n) is 4.81. The van der Waals surface area contributed by atoms with Crippen molar-refractivity contribution in [1.29, 1.82) is 0 Å². The smallest absolute Gasteiger partial charge is 0.160 e. The zero-order valence-corrected chi connectivity index (χ0v) is 18.1. The van der Waals surface area contributed by atoms with E-state index in [1.807, 2.05) is 12.1 Å². The molecule has 6 heteroatoms. The van der Waals surface area contributed by atoms with Crippen LogP contribution in [0, 0.1) is 0 Å². The van der Waals surface area contributed by atoms with Crippen LogP contribution < -0.4 is 4.90 Å². The fourth-order valence-corrected chi connectivity index (χ4v) is 7.02. The number of hydrogen-bond donors (Lipinski definition) is 0. The normalized spacial score (nSPS) is 12.5. The fourth-order valence-electron chi connectivity index (χ4n) is 3.40. The first-order valence-corrected chi connectivity index (χ1v) is 11.9. The van der Waals surface area contributed by atoms with Crippen LogP contribution in [0.15, 0.2) is 44.8 Å². The van der Waals surface area contributed by atoms with Gasteiger partial charge in [-0.25, -0.2) is 0 Å². The SMILES string of the molecule is CCCCCCc1ccc(N2c3cc(C=O)sc3Sc3sc(C=O)cc32)cc1. The van der Waals surface area contributed by atoms with Gasteiger partial charge in [-0.1, -0.05) is 50.1 Å². The van der Waals surface area contributed by atoms with Crippen LogP contribution in [0.2, 0.25) is 0 Å². The van der Waals surface area contributed by atoms with E-state index in [4.69, 9.17) is 0 Å². The van der Waals surface area contributed by atoms with Crippen LogP contribution in [-0.4, -0.2) is 12.6 Å². The number of aldehydes is 2. The molecule has 0 bridgehead atoms. The summed E-state index contributed by atoms with van der Waals surface area (Å²) in [6.07, 6.45) is 7.97. The van der Waals surface area contributed by atoms with Crippen LogP contribution in [0.1, 0.15) is 57.5 Å². The average molecular weight is 428 g/mol. The van der Waals surface area contributed by atoms with Crippen molar-refractivity contribution in [2.24, 2.45) is 0 Å². The molecule has 3 nitrogen and oxygen atoms in total. The largest absolute Gasteiger partial charge is 0.306 e. The Morgan fingerprint density at radius 1 is 0.857 bits per heavy atom. The Balaban J connectivity index is 1.66. The predicted octanol–water partition coefficient (Wildman–Crippen LogP) is 7.49. The van der Waals surface area contributed by atoms with Gasteiger partial charge in [0.1, 0.15) is 0 Å². The van der Waals surface area contributed by atoms with Crippen molar-refractivity contribution in [2.75, 3.05) is 4.90 Å². The van der Waals surface area contributed by atoms with E-state index in [1.165, 1.54) is 53.9 Å². The van der Waals surface area contributed by atoms with Crippen molar-refractivity contribution in [3.8, 4) is 0 Å². The van der Waals surface area contributed by atoms with Gasteiger partial charge in [-0.05, 0) is 42.7 Å². The summed E-state index contributed by atoms with van der Waals surface area (Å²) in [5.74, 6) is 0. The van der Waals surface area contributed by atoms with Crippen LogP contribution >= 0.6 is 34.4 Å². The lowest BCUT2D eigenvalue weighted by Crippen LogP contribution is -2.12. The molecule has 0 saturated carbocycles. The molecule has 3 heterocycles. The Morgan fingerprint density at radius 2 is 1.46 bits per heavy atom. The summed E-state index contributed by atoms with van der Waals surface area (Å²) in [6, 6.07) is 12.6. The first-order valence-electron chi connectivity index (χ1n) is 9.48. The van der Waals surface area contributed by atoms with Crippen LogP contribution in [-0.2, 0) is 6.42 Å². The molecule has 0 amide bonds. The standard InChI is InChI=1S/C22H21NO2S3/c1-2-3-4-5-6-15-7-9-16(10-8-15)23-19-11-17(13-24)26-21(19)28-22-20(23)12-18(14-25)27-22/h7-14H,2-6H2,1H3. The highest BCUT2D eigenvalue weighted by Crippen LogP contribution is 2.56. The van der Waals surface area contributed by atoms with Gasteiger partial charge < -0.3 is 4.90 Å². The number of hydrogen-bond acceptors (Lipinski definition) is 6. The van der Waals surface area contributed by atoms with Gasteiger partial charge in [0.25, 0.3) is 0 Å². The molecule has 0 saturated heterocycles. The molecule has 0 unspecified atom stereocenters. The maximum atomic E-state index is 11.3. The number of carbonyl (C=O) groups is 2. The van der Waals surface area contributed by atoms with Gasteiger partial charge in [0, 0.05) is 5.69 Å². The molecule has 0 aliphatic carbocycles. The molecule has 2 aromatic heterocycles. The summed E-state index contributed by atoms with van der Waals surface area (Å²) in [7, 11) is 0. The van der Waals surface area contributed by atoms with Crippen LogP contribution in [0.3, 0.4) is 0 Å². The topological polar surface area (TPSA) is 37.4 Å². The molecule has 0 radical (unpaired) electrons.